The first-order valence-corrected chi connectivity index (χ1v) is 17.1. The Balaban J connectivity index is 2.43. The molecule has 0 aromatic heterocycles. The number of hydrogen-bond acceptors (Lipinski definition) is 10. The standard InChI is InChI=1S/C36H55N7O9/c1-22(2)31(40-35(49)37-15-17-51-6)33(47)39-27(19-25-11-9-8-10-12-25)30(46)21-43(24(5)26-13-14-28(44)29(45)20-26)42-34(48)32(23(3)4)41-36(50)38-16-18-52-7/h8-14,20,22-23,27,30-32,44-46H,5,15-19,21H2,1-4,6-7H3,(H,39,47)(H,42,48)(H2,37,40,49)(H2,38,41,50)/t27?,30?,31-,32-/m0/s1. The molecule has 0 saturated heterocycles. The predicted octanol–water partition coefficient (Wildman–Crippen LogP) is 1.43. The van der Waals surface area contributed by atoms with Crippen molar-refractivity contribution in [2.75, 3.05) is 47.1 Å². The number of hydrazine groups is 1. The number of nitrogens with one attached hydrogen (secondary N) is 6. The quantitative estimate of drug-likeness (QED) is 0.0511. The third kappa shape index (κ3) is 14.3. The van der Waals surface area contributed by atoms with Gasteiger partial charge in [-0.2, -0.15) is 0 Å². The van der Waals surface area contributed by atoms with Crippen molar-refractivity contribution in [1.82, 2.24) is 37.0 Å². The van der Waals surface area contributed by atoms with Crippen molar-refractivity contribution in [2.24, 2.45) is 11.8 Å². The van der Waals surface area contributed by atoms with Crippen LogP contribution in [0.1, 0.15) is 38.8 Å². The van der Waals surface area contributed by atoms with Gasteiger partial charge in [-0.1, -0.05) is 64.6 Å². The van der Waals surface area contributed by atoms with E-state index in [1.54, 1.807) is 27.7 Å². The molecular weight excluding hydrogens is 674 g/mol. The minimum absolute atomic E-state index is 0.119. The second kappa shape index (κ2) is 22.0. The molecule has 9 N–H and O–H groups in total. The summed E-state index contributed by atoms with van der Waals surface area (Å²) in [7, 11) is 3.00. The van der Waals surface area contributed by atoms with Crippen LogP contribution in [-0.2, 0) is 25.5 Å². The third-order valence-electron chi connectivity index (χ3n) is 7.99. The maximum absolute atomic E-state index is 13.7. The highest BCUT2D eigenvalue weighted by atomic mass is 16.5. The summed E-state index contributed by atoms with van der Waals surface area (Å²) < 4.78 is 9.92. The summed E-state index contributed by atoms with van der Waals surface area (Å²) >= 11 is 0. The molecule has 0 bridgehead atoms. The first-order chi connectivity index (χ1) is 24.7. The summed E-state index contributed by atoms with van der Waals surface area (Å²) in [5.41, 5.74) is 3.94. The van der Waals surface area contributed by atoms with Crippen molar-refractivity contribution in [3.05, 3.63) is 66.2 Å². The largest absolute Gasteiger partial charge is 0.504 e. The number of phenols is 2. The van der Waals surface area contributed by atoms with Crippen molar-refractivity contribution in [1.29, 1.82) is 0 Å². The minimum atomic E-state index is -1.36. The number of nitrogens with zero attached hydrogens (tertiary/aromatic N) is 1. The lowest BCUT2D eigenvalue weighted by Crippen LogP contribution is -2.59. The highest BCUT2D eigenvalue weighted by Crippen LogP contribution is 2.29. The number of hydrogen-bond donors (Lipinski definition) is 9. The maximum Gasteiger partial charge on any atom is 0.315 e. The smallest absolute Gasteiger partial charge is 0.315 e. The number of aromatic hydroxyl groups is 2. The Morgan fingerprint density at radius 3 is 1.81 bits per heavy atom. The molecule has 0 fully saturated rings. The van der Waals surface area contributed by atoms with Gasteiger partial charge in [-0.3, -0.25) is 20.0 Å². The lowest BCUT2D eigenvalue weighted by molar-refractivity contribution is -0.129. The monoisotopic (exact) mass is 729 g/mol. The number of methoxy groups -OCH3 is 2. The molecule has 288 valence electrons. The number of aliphatic hydroxyl groups excluding tert-OH is 1. The van der Waals surface area contributed by atoms with Gasteiger partial charge in [0.25, 0.3) is 5.91 Å². The average Bonchev–Trinajstić information content (AvgIpc) is 3.10. The van der Waals surface area contributed by atoms with Crippen LogP contribution in [0.4, 0.5) is 9.59 Å². The Labute approximate surface area is 305 Å². The fraction of sp³-hybridized carbons (Fsp3) is 0.500. The van der Waals surface area contributed by atoms with Crippen molar-refractivity contribution in [2.45, 2.75) is 58.3 Å². The van der Waals surface area contributed by atoms with Crippen molar-refractivity contribution < 1.29 is 44.0 Å². The van der Waals surface area contributed by atoms with E-state index in [1.165, 1.54) is 37.4 Å². The molecule has 2 rings (SSSR count). The summed E-state index contributed by atoms with van der Waals surface area (Å²) in [6.45, 7) is 11.8. The number of carbonyl (C=O) groups excluding carboxylic acids is 4. The Morgan fingerprint density at radius 1 is 0.769 bits per heavy atom. The molecule has 2 aromatic rings. The number of ether oxygens (including phenoxy) is 2. The lowest BCUT2D eigenvalue weighted by Gasteiger charge is -2.35. The van der Waals surface area contributed by atoms with Gasteiger partial charge >= 0.3 is 12.1 Å². The van der Waals surface area contributed by atoms with E-state index in [0.717, 1.165) is 5.56 Å². The first kappa shape index (κ1) is 43.1. The van der Waals surface area contributed by atoms with E-state index in [0.29, 0.717) is 5.56 Å². The Hall–Kier alpha value is -5.06. The summed E-state index contributed by atoms with van der Waals surface area (Å²) in [4.78, 5) is 52.6. The maximum atomic E-state index is 13.7. The second-order valence-corrected chi connectivity index (χ2v) is 12.8. The van der Waals surface area contributed by atoms with Crippen LogP contribution in [0.5, 0.6) is 11.5 Å². The van der Waals surface area contributed by atoms with Crippen molar-refractivity contribution in [3.8, 4) is 11.5 Å². The van der Waals surface area contributed by atoms with Gasteiger partial charge in [-0.05, 0) is 42.0 Å². The van der Waals surface area contributed by atoms with Crippen LogP contribution in [0.3, 0.4) is 0 Å². The number of benzene rings is 2. The van der Waals surface area contributed by atoms with Crippen LogP contribution in [0.25, 0.3) is 5.70 Å². The van der Waals surface area contributed by atoms with E-state index in [-0.39, 0.29) is 62.6 Å². The fourth-order valence-corrected chi connectivity index (χ4v) is 5.01. The summed E-state index contributed by atoms with van der Waals surface area (Å²) in [5, 5.41) is 46.7. The molecule has 16 nitrogen and oxygen atoms in total. The molecule has 52 heavy (non-hydrogen) atoms. The highest BCUT2D eigenvalue weighted by molar-refractivity contribution is 5.88. The molecule has 0 aliphatic heterocycles. The van der Waals surface area contributed by atoms with E-state index in [2.05, 4.69) is 38.6 Å². The van der Waals surface area contributed by atoms with Gasteiger partial charge in [0.2, 0.25) is 5.91 Å². The van der Waals surface area contributed by atoms with E-state index in [1.807, 2.05) is 30.3 Å². The molecular formula is C36H55N7O9. The van der Waals surface area contributed by atoms with Crippen LogP contribution in [0.2, 0.25) is 0 Å². The Bertz CT molecular complexity index is 1460. The lowest BCUT2D eigenvalue weighted by atomic mass is 9.98. The van der Waals surface area contributed by atoms with Gasteiger partial charge in [0.15, 0.2) is 11.5 Å². The summed E-state index contributed by atoms with van der Waals surface area (Å²) in [5.74, 6) is -2.69. The molecule has 4 atom stereocenters. The van der Waals surface area contributed by atoms with Gasteiger partial charge < -0.3 is 51.4 Å². The molecule has 6 amide bonds. The predicted molar refractivity (Wildman–Crippen MR) is 196 cm³/mol. The molecule has 0 heterocycles. The number of amides is 6. The first-order valence-electron chi connectivity index (χ1n) is 17.1. The fourth-order valence-electron chi connectivity index (χ4n) is 5.01. The molecule has 0 radical (unpaired) electrons. The van der Waals surface area contributed by atoms with E-state index < -0.39 is 53.9 Å². The van der Waals surface area contributed by atoms with E-state index >= 15 is 0 Å². The molecule has 2 aromatic carbocycles. The number of aliphatic hydroxyl groups is 1. The Morgan fingerprint density at radius 2 is 1.31 bits per heavy atom. The van der Waals surface area contributed by atoms with Gasteiger partial charge in [0.05, 0.1) is 37.6 Å². The van der Waals surface area contributed by atoms with Crippen LogP contribution in [-0.4, -0.2) is 116 Å². The molecule has 16 heteroatoms. The van der Waals surface area contributed by atoms with Crippen molar-refractivity contribution in [3.63, 3.8) is 0 Å². The van der Waals surface area contributed by atoms with Crippen LogP contribution in [0, 0.1) is 11.8 Å². The summed E-state index contributed by atoms with van der Waals surface area (Å²) in [6.07, 6.45) is -1.19. The van der Waals surface area contributed by atoms with E-state index in [9.17, 15) is 34.5 Å². The zero-order valence-electron chi connectivity index (χ0n) is 30.8. The summed E-state index contributed by atoms with van der Waals surface area (Å²) in [6, 6.07) is 9.00. The highest BCUT2D eigenvalue weighted by Gasteiger charge is 2.32. The number of phenolic OH excluding ortho intramolecular Hbond substituents is 2. The van der Waals surface area contributed by atoms with E-state index in [4.69, 9.17) is 9.47 Å². The number of rotatable bonds is 21. The zero-order chi connectivity index (χ0) is 38.8. The molecule has 0 aliphatic carbocycles. The third-order valence-corrected chi connectivity index (χ3v) is 7.99. The van der Waals surface area contributed by atoms with Crippen molar-refractivity contribution >= 4 is 29.6 Å². The molecule has 0 saturated carbocycles. The average molecular weight is 730 g/mol. The molecule has 0 aliphatic rings. The molecule has 0 spiro atoms. The van der Waals surface area contributed by atoms with Crippen LogP contribution >= 0.6 is 0 Å². The van der Waals surface area contributed by atoms with Gasteiger partial charge in [-0.15, -0.1) is 0 Å². The van der Waals surface area contributed by atoms with Crippen LogP contribution in [0.15, 0.2) is 55.1 Å². The molecule has 2 unspecified atom stereocenters. The number of carbonyl (C=O) groups is 4. The SMILES string of the molecule is C=C(c1ccc(O)c(O)c1)N(CC(O)C(Cc1ccccc1)NC(=O)[C@@H](NC(=O)NCCOC)C(C)C)NC(=O)[C@@H](NC(=O)NCCOC)C(C)C. The van der Waals surface area contributed by atoms with Gasteiger partial charge in [-0.25, -0.2) is 9.59 Å². The number of urea groups is 2. The normalized spacial score (nSPS) is 13.3. The second-order valence-electron chi connectivity index (χ2n) is 12.8. The Kier molecular flexibility index (Phi) is 18.2. The minimum Gasteiger partial charge on any atom is -0.504 e. The van der Waals surface area contributed by atoms with Gasteiger partial charge in [0, 0.05) is 32.9 Å². The topological polar surface area (TPSA) is 223 Å². The zero-order valence-corrected chi connectivity index (χ0v) is 30.8. The van der Waals surface area contributed by atoms with Crippen LogP contribution < -0.4 is 32.0 Å². The van der Waals surface area contributed by atoms with Gasteiger partial charge in [0.1, 0.15) is 12.1 Å².